The van der Waals surface area contributed by atoms with Crippen LogP contribution in [0.4, 0.5) is 17.1 Å². The summed E-state index contributed by atoms with van der Waals surface area (Å²) in [6.45, 7) is 0. The minimum absolute atomic E-state index is 0.00890. The first kappa shape index (κ1) is 26.9. The van der Waals surface area contributed by atoms with Crippen molar-refractivity contribution in [2.45, 2.75) is 5.41 Å². The van der Waals surface area contributed by atoms with Crippen LogP contribution < -0.4 is 4.90 Å². The van der Waals surface area contributed by atoms with Crippen LogP contribution in [0.15, 0.2) is 241 Å². The first-order valence-electron chi connectivity index (χ1n) is 24.8. The molecule has 12 rings (SSSR count). The van der Waals surface area contributed by atoms with Gasteiger partial charge < -0.3 is 9.32 Å². The van der Waals surface area contributed by atoms with Gasteiger partial charge >= 0.3 is 0 Å². The van der Waals surface area contributed by atoms with Gasteiger partial charge in [-0.1, -0.05) is 200 Å². The SMILES string of the molecule is [2H]c1c([2H])c([2H])c(-c2c([2H])c([2H])c(-c3cccc4oc5c6ccccc6c(N(c6ccccc6)c6ccc7c(c6)C(c6ccccc6)(c6ccccc6)c6ccccc6-7)cc5c34)c([2H])c2[2H])c([2H])c1[2H]. The Morgan fingerprint density at radius 3 is 1.74 bits per heavy atom. The molecule has 0 fully saturated rings. The van der Waals surface area contributed by atoms with Gasteiger partial charge in [-0.2, -0.15) is 0 Å². The number of furan rings is 1. The molecule has 0 amide bonds. The summed E-state index contributed by atoms with van der Waals surface area (Å²) in [6.07, 6.45) is 0. The van der Waals surface area contributed by atoms with E-state index in [-0.39, 0.29) is 16.7 Å². The van der Waals surface area contributed by atoms with Crippen molar-refractivity contribution >= 4 is 49.8 Å². The van der Waals surface area contributed by atoms with Crippen molar-refractivity contribution in [3.8, 4) is 33.4 Å². The fourth-order valence-corrected chi connectivity index (χ4v) is 9.55. The van der Waals surface area contributed by atoms with Gasteiger partial charge in [0.25, 0.3) is 0 Å². The second-order valence-electron chi connectivity index (χ2n) is 15.3. The summed E-state index contributed by atoms with van der Waals surface area (Å²) >= 11 is 0. The van der Waals surface area contributed by atoms with Gasteiger partial charge in [-0.05, 0) is 92.0 Å². The van der Waals surface area contributed by atoms with Crippen molar-refractivity contribution in [2.75, 3.05) is 4.90 Å². The standard InChI is InChI=1S/C59H39NO/c1-5-18-40(19-6-1)41-32-34-42(35-33-41)47-29-17-31-56-57(47)52-39-55(50-27-13-14-28-51(50)58(52)61-56)60(45-24-11-4-12-25-45)46-36-37-49-48-26-15-16-30-53(48)59(54(49)38-46,43-20-7-2-8-21-43)44-22-9-3-10-23-44/h1-39H/i1D,5D,6D,18D,19D,32D,33D,34D,35D. The summed E-state index contributed by atoms with van der Waals surface area (Å²) in [5.74, 6) is 0. The van der Waals surface area contributed by atoms with E-state index in [4.69, 9.17) is 11.3 Å². The highest BCUT2D eigenvalue weighted by Gasteiger charge is 2.46. The lowest BCUT2D eigenvalue weighted by Gasteiger charge is -2.35. The molecule has 0 saturated heterocycles. The van der Waals surface area contributed by atoms with E-state index in [0.717, 1.165) is 50.1 Å². The predicted octanol–water partition coefficient (Wildman–Crippen LogP) is 15.9. The minimum atomic E-state index is -0.651. The van der Waals surface area contributed by atoms with Crippen molar-refractivity contribution in [1.82, 2.24) is 0 Å². The summed E-state index contributed by atoms with van der Waals surface area (Å²) in [7, 11) is 0. The maximum atomic E-state index is 9.44. The molecule has 1 aliphatic carbocycles. The van der Waals surface area contributed by atoms with E-state index in [2.05, 4.69) is 132 Å². The summed E-state index contributed by atoms with van der Waals surface area (Å²) in [5.41, 5.74) is 9.62. The van der Waals surface area contributed by atoms with Crippen LogP contribution in [0.25, 0.3) is 66.1 Å². The quantitative estimate of drug-likeness (QED) is 0.160. The lowest BCUT2D eigenvalue weighted by atomic mass is 9.67. The maximum absolute atomic E-state index is 9.44. The first-order chi connectivity index (χ1) is 34.0. The average Bonchev–Trinajstić information content (AvgIpc) is 3.93. The highest BCUT2D eigenvalue weighted by Crippen LogP contribution is 2.57. The topological polar surface area (TPSA) is 16.4 Å². The van der Waals surface area contributed by atoms with Crippen LogP contribution in [0.5, 0.6) is 0 Å². The van der Waals surface area contributed by atoms with Gasteiger partial charge in [-0.25, -0.2) is 0 Å². The molecule has 1 heterocycles. The van der Waals surface area contributed by atoms with Crippen molar-refractivity contribution in [3.63, 3.8) is 0 Å². The molecule has 0 bridgehead atoms. The Morgan fingerprint density at radius 2 is 1.00 bits per heavy atom. The zero-order valence-electron chi connectivity index (χ0n) is 41.7. The van der Waals surface area contributed by atoms with E-state index in [1.54, 1.807) is 12.1 Å². The molecule has 0 saturated carbocycles. The maximum Gasteiger partial charge on any atom is 0.143 e. The van der Waals surface area contributed by atoms with Crippen molar-refractivity contribution in [1.29, 1.82) is 0 Å². The summed E-state index contributed by atoms with van der Waals surface area (Å²) in [4.78, 5) is 2.26. The van der Waals surface area contributed by atoms with Crippen LogP contribution in [0.3, 0.4) is 0 Å². The third-order valence-corrected chi connectivity index (χ3v) is 12.1. The van der Waals surface area contributed by atoms with Crippen LogP contribution in [-0.4, -0.2) is 0 Å². The van der Waals surface area contributed by atoms with Gasteiger partial charge in [-0.3, -0.25) is 0 Å². The van der Waals surface area contributed by atoms with Gasteiger partial charge in [0.1, 0.15) is 11.2 Å². The molecule has 0 atom stereocenters. The minimum Gasteiger partial charge on any atom is -0.455 e. The van der Waals surface area contributed by atoms with Gasteiger partial charge in [0.2, 0.25) is 0 Å². The lowest BCUT2D eigenvalue weighted by molar-refractivity contribution is 0.673. The monoisotopic (exact) mass is 786 g/mol. The summed E-state index contributed by atoms with van der Waals surface area (Å²) in [5, 5.41) is 2.99. The second kappa shape index (κ2) is 14.1. The van der Waals surface area contributed by atoms with Gasteiger partial charge in [-0.15, -0.1) is 0 Å². The van der Waals surface area contributed by atoms with Gasteiger partial charge in [0.15, 0.2) is 0 Å². The molecule has 10 aromatic carbocycles. The van der Waals surface area contributed by atoms with Crippen LogP contribution in [0.2, 0.25) is 0 Å². The number of rotatable bonds is 7. The van der Waals surface area contributed by atoms with Crippen molar-refractivity contribution in [2.24, 2.45) is 0 Å². The fraction of sp³-hybridized carbons (Fsp3) is 0.0169. The predicted molar refractivity (Wildman–Crippen MR) is 254 cm³/mol. The van der Waals surface area contributed by atoms with Crippen molar-refractivity contribution in [3.05, 3.63) is 259 Å². The van der Waals surface area contributed by atoms with Gasteiger partial charge in [0, 0.05) is 32.9 Å². The van der Waals surface area contributed by atoms with Crippen LogP contribution >= 0.6 is 0 Å². The summed E-state index contributed by atoms with van der Waals surface area (Å²) < 4.78 is 86.1. The molecule has 1 aromatic heterocycles. The smallest absolute Gasteiger partial charge is 0.143 e. The molecule has 1 aliphatic rings. The Bertz CT molecular complexity index is 3850. The number of hydrogen-bond donors (Lipinski definition) is 0. The van der Waals surface area contributed by atoms with E-state index < -0.39 is 59.8 Å². The fourth-order valence-electron chi connectivity index (χ4n) is 9.55. The largest absolute Gasteiger partial charge is 0.455 e. The molecular weight excluding hydrogens is 739 g/mol. The molecule has 61 heavy (non-hydrogen) atoms. The van der Waals surface area contributed by atoms with Crippen LogP contribution in [-0.2, 0) is 5.41 Å². The molecule has 0 unspecified atom stereocenters. The number of para-hydroxylation sites is 1. The molecule has 0 aliphatic heterocycles. The molecule has 2 heteroatoms. The Balaban J connectivity index is 1.13. The van der Waals surface area contributed by atoms with E-state index >= 15 is 0 Å². The Kier molecular flexibility index (Phi) is 6.23. The Labute approximate surface area is 367 Å². The zero-order valence-corrected chi connectivity index (χ0v) is 32.7. The highest BCUT2D eigenvalue weighted by molar-refractivity contribution is 6.22. The number of anilines is 3. The first-order valence-corrected chi connectivity index (χ1v) is 20.3. The van der Waals surface area contributed by atoms with Gasteiger partial charge in [0.05, 0.1) is 23.4 Å². The molecular formula is C59H39NO. The molecule has 2 nitrogen and oxygen atoms in total. The Morgan fingerprint density at radius 1 is 0.410 bits per heavy atom. The van der Waals surface area contributed by atoms with E-state index in [1.165, 1.54) is 11.1 Å². The number of fused-ring (bicyclic) bond motifs is 8. The van der Waals surface area contributed by atoms with Crippen molar-refractivity contribution < 1.29 is 16.8 Å². The van der Waals surface area contributed by atoms with Crippen LogP contribution in [0.1, 0.15) is 34.6 Å². The third kappa shape index (κ3) is 5.43. The summed E-state index contributed by atoms with van der Waals surface area (Å²) in [6, 6.07) is 57.5. The molecule has 0 N–H and O–H groups in total. The van der Waals surface area contributed by atoms with E-state index in [1.807, 2.05) is 42.5 Å². The third-order valence-electron chi connectivity index (χ3n) is 12.1. The average molecular weight is 787 g/mol. The Hall–Kier alpha value is -7.94. The van der Waals surface area contributed by atoms with Crippen LogP contribution in [0, 0.1) is 0 Å². The molecule has 0 spiro atoms. The molecule has 286 valence electrons. The lowest BCUT2D eigenvalue weighted by Crippen LogP contribution is -2.28. The normalized spacial score (nSPS) is 14.8. The zero-order chi connectivity index (χ0) is 48.2. The number of nitrogens with zero attached hydrogens (tertiary/aromatic N) is 1. The number of hydrogen-bond acceptors (Lipinski definition) is 2. The highest BCUT2D eigenvalue weighted by atomic mass is 16.3. The second-order valence-corrected chi connectivity index (χ2v) is 15.3. The number of benzene rings is 10. The van der Waals surface area contributed by atoms with E-state index in [9.17, 15) is 5.48 Å². The molecule has 0 radical (unpaired) electrons. The molecule has 11 aromatic rings. The van der Waals surface area contributed by atoms with E-state index in [0.29, 0.717) is 27.5 Å².